The SMILES string of the molecule is CNCc1cn(C)c(-c2ccccc2F)n1. The standard InChI is InChI=1S/C12H14FN3/c1-14-7-9-8-16(2)12(15-9)10-5-3-4-6-11(10)13/h3-6,8,14H,7H2,1-2H3. The Balaban J connectivity index is 2.44. The Morgan fingerprint density at radius 2 is 2.12 bits per heavy atom. The van der Waals surface area contributed by atoms with Crippen LogP contribution in [-0.4, -0.2) is 16.6 Å². The molecular weight excluding hydrogens is 205 g/mol. The predicted molar refractivity (Wildman–Crippen MR) is 61.4 cm³/mol. The fourth-order valence-electron chi connectivity index (χ4n) is 1.69. The second-order valence-electron chi connectivity index (χ2n) is 3.68. The van der Waals surface area contributed by atoms with E-state index in [0.29, 0.717) is 17.9 Å². The first kappa shape index (κ1) is 10.8. The summed E-state index contributed by atoms with van der Waals surface area (Å²) in [5.41, 5.74) is 1.44. The van der Waals surface area contributed by atoms with Gasteiger partial charge in [-0.3, -0.25) is 0 Å². The van der Waals surface area contributed by atoms with Crippen molar-refractivity contribution in [1.29, 1.82) is 0 Å². The molecule has 0 aliphatic rings. The predicted octanol–water partition coefficient (Wildman–Crippen LogP) is 1.95. The zero-order valence-electron chi connectivity index (χ0n) is 9.37. The van der Waals surface area contributed by atoms with E-state index in [0.717, 1.165) is 5.69 Å². The van der Waals surface area contributed by atoms with Crippen LogP contribution in [0.2, 0.25) is 0 Å². The van der Waals surface area contributed by atoms with Gasteiger partial charge in [-0.1, -0.05) is 12.1 Å². The van der Waals surface area contributed by atoms with Gasteiger partial charge in [0.15, 0.2) is 0 Å². The summed E-state index contributed by atoms with van der Waals surface area (Å²) >= 11 is 0. The molecule has 4 heteroatoms. The van der Waals surface area contributed by atoms with E-state index in [9.17, 15) is 4.39 Å². The summed E-state index contributed by atoms with van der Waals surface area (Å²) in [5.74, 6) is 0.413. The van der Waals surface area contributed by atoms with Gasteiger partial charge in [0.05, 0.1) is 11.3 Å². The quantitative estimate of drug-likeness (QED) is 0.855. The van der Waals surface area contributed by atoms with Crippen molar-refractivity contribution in [2.75, 3.05) is 7.05 Å². The number of hydrogen-bond acceptors (Lipinski definition) is 2. The molecule has 0 aliphatic heterocycles. The molecule has 0 spiro atoms. The molecule has 1 N–H and O–H groups in total. The summed E-state index contributed by atoms with van der Waals surface area (Å²) in [6, 6.07) is 6.67. The van der Waals surface area contributed by atoms with E-state index in [1.165, 1.54) is 6.07 Å². The van der Waals surface area contributed by atoms with E-state index in [4.69, 9.17) is 0 Å². The number of aromatic nitrogens is 2. The van der Waals surface area contributed by atoms with E-state index in [1.807, 2.05) is 30.9 Å². The highest BCUT2D eigenvalue weighted by molar-refractivity contribution is 5.56. The average molecular weight is 219 g/mol. The molecule has 84 valence electrons. The Kier molecular flexibility index (Phi) is 3.01. The molecule has 0 unspecified atom stereocenters. The minimum Gasteiger partial charge on any atom is -0.334 e. The molecule has 0 atom stereocenters. The van der Waals surface area contributed by atoms with Gasteiger partial charge >= 0.3 is 0 Å². The molecule has 0 radical (unpaired) electrons. The number of rotatable bonds is 3. The van der Waals surface area contributed by atoms with Crippen molar-refractivity contribution < 1.29 is 4.39 Å². The monoisotopic (exact) mass is 219 g/mol. The largest absolute Gasteiger partial charge is 0.334 e. The summed E-state index contributed by atoms with van der Waals surface area (Å²) in [5, 5.41) is 3.02. The minimum atomic E-state index is -0.243. The van der Waals surface area contributed by atoms with Crippen LogP contribution in [0.4, 0.5) is 4.39 Å². The van der Waals surface area contributed by atoms with Gasteiger partial charge in [0.2, 0.25) is 0 Å². The molecule has 16 heavy (non-hydrogen) atoms. The molecular formula is C12H14FN3. The van der Waals surface area contributed by atoms with Crippen molar-refractivity contribution in [3.63, 3.8) is 0 Å². The maximum atomic E-state index is 13.6. The number of hydrogen-bond donors (Lipinski definition) is 1. The third-order valence-corrected chi connectivity index (χ3v) is 2.40. The lowest BCUT2D eigenvalue weighted by Gasteiger charge is -2.01. The molecule has 2 aromatic rings. The molecule has 0 saturated carbocycles. The lowest BCUT2D eigenvalue weighted by atomic mass is 10.2. The molecule has 0 amide bonds. The van der Waals surface area contributed by atoms with Crippen LogP contribution in [-0.2, 0) is 13.6 Å². The molecule has 3 nitrogen and oxygen atoms in total. The van der Waals surface area contributed by atoms with E-state index < -0.39 is 0 Å². The Bertz CT molecular complexity index is 491. The van der Waals surface area contributed by atoms with Crippen LogP contribution in [0.3, 0.4) is 0 Å². The van der Waals surface area contributed by atoms with Crippen LogP contribution in [0.25, 0.3) is 11.4 Å². The van der Waals surface area contributed by atoms with E-state index >= 15 is 0 Å². The van der Waals surface area contributed by atoms with Crippen LogP contribution in [0.15, 0.2) is 30.5 Å². The summed E-state index contributed by atoms with van der Waals surface area (Å²) in [6.45, 7) is 0.683. The van der Waals surface area contributed by atoms with Gasteiger partial charge in [0.1, 0.15) is 11.6 Å². The molecule has 1 aromatic heterocycles. The van der Waals surface area contributed by atoms with Gasteiger partial charge in [-0.05, 0) is 19.2 Å². The van der Waals surface area contributed by atoms with Crippen molar-refractivity contribution in [2.45, 2.75) is 6.54 Å². The van der Waals surface area contributed by atoms with Gasteiger partial charge < -0.3 is 9.88 Å². The van der Waals surface area contributed by atoms with Crippen LogP contribution < -0.4 is 5.32 Å². The number of nitrogens with one attached hydrogen (secondary N) is 1. The smallest absolute Gasteiger partial charge is 0.142 e. The highest BCUT2D eigenvalue weighted by atomic mass is 19.1. The number of aryl methyl sites for hydroxylation is 1. The van der Waals surface area contributed by atoms with Gasteiger partial charge in [0.25, 0.3) is 0 Å². The Morgan fingerprint density at radius 3 is 2.81 bits per heavy atom. The second-order valence-corrected chi connectivity index (χ2v) is 3.68. The summed E-state index contributed by atoms with van der Waals surface area (Å²) in [7, 11) is 3.73. The number of imidazole rings is 1. The normalized spacial score (nSPS) is 10.7. The highest BCUT2D eigenvalue weighted by Crippen LogP contribution is 2.21. The number of halogens is 1. The third-order valence-electron chi connectivity index (χ3n) is 2.40. The maximum Gasteiger partial charge on any atom is 0.142 e. The number of benzene rings is 1. The highest BCUT2D eigenvalue weighted by Gasteiger charge is 2.10. The lowest BCUT2D eigenvalue weighted by Crippen LogP contribution is -2.04. The Morgan fingerprint density at radius 1 is 1.38 bits per heavy atom. The fraction of sp³-hybridized carbons (Fsp3) is 0.250. The van der Waals surface area contributed by atoms with Crippen LogP contribution in [0, 0.1) is 5.82 Å². The first-order valence-corrected chi connectivity index (χ1v) is 5.14. The summed E-state index contributed by atoms with van der Waals surface area (Å²) in [6.07, 6.45) is 1.90. The van der Waals surface area contributed by atoms with Gasteiger partial charge in [0, 0.05) is 19.8 Å². The third kappa shape index (κ3) is 1.97. The van der Waals surface area contributed by atoms with Gasteiger partial charge in [-0.25, -0.2) is 9.37 Å². The van der Waals surface area contributed by atoms with Crippen molar-refractivity contribution in [2.24, 2.45) is 7.05 Å². The molecule has 2 rings (SSSR count). The Labute approximate surface area is 93.9 Å². The first-order valence-electron chi connectivity index (χ1n) is 5.14. The van der Waals surface area contributed by atoms with Crippen LogP contribution >= 0.6 is 0 Å². The zero-order valence-corrected chi connectivity index (χ0v) is 9.37. The molecule has 0 saturated heterocycles. The van der Waals surface area contributed by atoms with Crippen molar-refractivity contribution in [3.8, 4) is 11.4 Å². The topological polar surface area (TPSA) is 29.9 Å². The van der Waals surface area contributed by atoms with Gasteiger partial charge in [-0.2, -0.15) is 0 Å². The average Bonchev–Trinajstić information content (AvgIpc) is 2.61. The maximum absolute atomic E-state index is 13.6. The van der Waals surface area contributed by atoms with E-state index in [2.05, 4.69) is 10.3 Å². The van der Waals surface area contributed by atoms with Crippen molar-refractivity contribution in [1.82, 2.24) is 14.9 Å². The van der Waals surface area contributed by atoms with E-state index in [1.54, 1.807) is 12.1 Å². The minimum absolute atomic E-state index is 0.243. The summed E-state index contributed by atoms with van der Waals surface area (Å²) in [4.78, 5) is 4.39. The molecule has 1 aromatic carbocycles. The van der Waals surface area contributed by atoms with Gasteiger partial charge in [-0.15, -0.1) is 0 Å². The second kappa shape index (κ2) is 4.45. The van der Waals surface area contributed by atoms with E-state index in [-0.39, 0.29) is 5.82 Å². The molecule has 0 bridgehead atoms. The van der Waals surface area contributed by atoms with Crippen molar-refractivity contribution >= 4 is 0 Å². The van der Waals surface area contributed by atoms with Crippen molar-refractivity contribution in [3.05, 3.63) is 42.0 Å². The Hall–Kier alpha value is -1.68. The zero-order chi connectivity index (χ0) is 11.5. The fourth-order valence-corrected chi connectivity index (χ4v) is 1.69. The van der Waals surface area contributed by atoms with Crippen LogP contribution in [0.1, 0.15) is 5.69 Å². The molecule has 0 aliphatic carbocycles. The molecule has 0 fully saturated rings. The van der Waals surface area contributed by atoms with Crippen LogP contribution in [0.5, 0.6) is 0 Å². The first-order chi connectivity index (χ1) is 7.72. The lowest BCUT2D eigenvalue weighted by molar-refractivity contribution is 0.629. The summed E-state index contributed by atoms with van der Waals surface area (Å²) < 4.78 is 15.4. The number of nitrogens with zero attached hydrogens (tertiary/aromatic N) is 2. The molecule has 1 heterocycles.